The van der Waals surface area contributed by atoms with Crippen LogP contribution in [-0.2, 0) is 19.6 Å². The van der Waals surface area contributed by atoms with E-state index in [1.54, 1.807) is 12.1 Å². The van der Waals surface area contributed by atoms with Gasteiger partial charge in [-0.3, -0.25) is 0 Å². The summed E-state index contributed by atoms with van der Waals surface area (Å²) in [7, 11) is 0. The molecule has 2 aromatic carbocycles. The van der Waals surface area contributed by atoms with Gasteiger partial charge >= 0.3 is 0 Å². The lowest BCUT2D eigenvalue weighted by molar-refractivity contribution is 0.303. The number of ether oxygens (including phenoxy) is 1. The number of H-pyrrole nitrogens is 1. The average Bonchev–Trinajstić information content (AvgIpc) is 3.01. The first kappa shape index (κ1) is 18.7. The zero-order chi connectivity index (χ0) is 18.5. The summed E-state index contributed by atoms with van der Waals surface area (Å²) in [6.45, 7) is 6.25. The molecule has 0 spiro atoms. The van der Waals surface area contributed by atoms with E-state index in [1.807, 2.05) is 12.1 Å². The van der Waals surface area contributed by atoms with Crippen LogP contribution in [0.25, 0.3) is 10.9 Å². The summed E-state index contributed by atoms with van der Waals surface area (Å²) in [5, 5.41) is 4.94. The number of fused-ring (bicyclic) bond motifs is 3. The molecule has 0 bridgehead atoms. The van der Waals surface area contributed by atoms with Crippen molar-refractivity contribution < 1.29 is 9.13 Å². The second kappa shape index (κ2) is 8.56. The minimum atomic E-state index is -0.348. The molecule has 1 aliphatic rings. The Bertz CT molecular complexity index is 891. The molecule has 2 heterocycles. The maximum Gasteiger partial charge on any atom is 0.143 e. The topological polar surface area (TPSA) is 37.0 Å². The van der Waals surface area contributed by atoms with E-state index in [9.17, 15) is 4.39 Å². The molecule has 0 saturated heterocycles. The maximum absolute atomic E-state index is 13.9. The Morgan fingerprint density at radius 1 is 1.19 bits per heavy atom. The minimum absolute atomic E-state index is 0.171. The first-order valence-electron chi connectivity index (χ1n) is 9.03. The van der Waals surface area contributed by atoms with E-state index in [2.05, 4.69) is 30.2 Å². The van der Waals surface area contributed by atoms with Gasteiger partial charge in [0.1, 0.15) is 18.2 Å². The van der Waals surface area contributed by atoms with E-state index < -0.39 is 0 Å². The van der Waals surface area contributed by atoms with Crippen LogP contribution in [0.5, 0.6) is 5.75 Å². The van der Waals surface area contributed by atoms with Crippen LogP contribution in [0.1, 0.15) is 37.1 Å². The molecule has 0 unspecified atom stereocenters. The second-order valence-electron chi connectivity index (χ2n) is 6.42. The van der Waals surface area contributed by atoms with Gasteiger partial charge in [0, 0.05) is 28.2 Å². The highest BCUT2D eigenvalue weighted by atomic mass is 35.5. The van der Waals surface area contributed by atoms with Gasteiger partial charge in [0.2, 0.25) is 0 Å². The summed E-state index contributed by atoms with van der Waals surface area (Å²) >= 11 is 5.78. The van der Waals surface area contributed by atoms with Crippen molar-refractivity contribution in [1.29, 1.82) is 0 Å². The lowest BCUT2D eigenvalue weighted by atomic mass is 10.0. The Hall–Kier alpha value is -2.04. The molecule has 1 aliphatic heterocycles. The second-order valence-corrected chi connectivity index (χ2v) is 6.86. The monoisotopic (exact) mass is 374 g/mol. The number of aromatic amines is 1. The van der Waals surface area contributed by atoms with Gasteiger partial charge in [-0.1, -0.05) is 50.1 Å². The summed E-state index contributed by atoms with van der Waals surface area (Å²) < 4.78 is 19.7. The van der Waals surface area contributed by atoms with Crippen molar-refractivity contribution in [3.63, 3.8) is 0 Å². The number of aromatic nitrogens is 1. The molecule has 3 nitrogen and oxygen atoms in total. The van der Waals surface area contributed by atoms with Gasteiger partial charge in [-0.2, -0.15) is 0 Å². The van der Waals surface area contributed by atoms with Crippen molar-refractivity contribution in [2.45, 2.75) is 39.8 Å². The quantitative estimate of drug-likeness (QED) is 0.626. The van der Waals surface area contributed by atoms with Gasteiger partial charge in [0.15, 0.2) is 0 Å². The molecule has 1 aromatic heterocycles. The number of rotatable bonds is 3. The third kappa shape index (κ3) is 4.02. The Kier molecular flexibility index (Phi) is 6.17. The summed E-state index contributed by atoms with van der Waals surface area (Å²) in [5.41, 5.74) is 4.03. The van der Waals surface area contributed by atoms with Crippen molar-refractivity contribution >= 4 is 22.5 Å². The van der Waals surface area contributed by atoms with Gasteiger partial charge in [-0.25, -0.2) is 4.39 Å². The van der Waals surface area contributed by atoms with Gasteiger partial charge in [0.05, 0.1) is 5.52 Å². The third-order valence-electron chi connectivity index (χ3n) is 4.24. The van der Waals surface area contributed by atoms with E-state index in [1.165, 1.54) is 29.1 Å². The fourth-order valence-corrected chi connectivity index (χ4v) is 3.24. The van der Waals surface area contributed by atoms with Crippen LogP contribution in [0.2, 0.25) is 5.02 Å². The fraction of sp³-hybridized carbons (Fsp3) is 0.333. The Morgan fingerprint density at radius 2 is 2.00 bits per heavy atom. The first-order valence-corrected chi connectivity index (χ1v) is 9.41. The number of para-hydroxylation sites is 1. The van der Waals surface area contributed by atoms with E-state index in [0.717, 1.165) is 30.8 Å². The molecule has 3 aromatic rings. The number of halogens is 2. The standard InChI is InChI=1S/C18H16ClFN2O.C3H8/c19-12-5-4-11(15(20)8-12)10-23-17-3-1-2-14-13-6-7-21-9-16(13)22-18(14)17;1-3-2/h1-5,8,21-22H,6-7,9-10H2;3H2,1-2H3. The van der Waals surface area contributed by atoms with Gasteiger partial charge in [0.25, 0.3) is 0 Å². The SMILES string of the molecule is CCC.Fc1cc(Cl)ccc1COc1cccc2c3c([nH]c12)CNCC3. The molecule has 138 valence electrons. The summed E-state index contributed by atoms with van der Waals surface area (Å²) in [6.07, 6.45) is 2.25. The van der Waals surface area contributed by atoms with E-state index >= 15 is 0 Å². The fourth-order valence-electron chi connectivity index (χ4n) is 3.08. The van der Waals surface area contributed by atoms with Gasteiger partial charge in [-0.05, 0) is 36.7 Å². The molecule has 0 atom stereocenters. The van der Waals surface area contributed by atoms with Crippen LogP contribution in [0.15, 0.2) is 36.4 Å². The number of hydrogen-bond acceptors (Lipinski definition) is 2. The molecule has 0 amide bonds. The lowest BCUT2D eigenvalue weighted by Crippen LogP contribution is -2.22. The molecule has 0 fully saturated rings. The number of nitrogens with one attached hydrogen (secondary N) is 2. The Morgan fingerprint density at radius 3 is 2.77 bits per heavy atom. The van der Waals surface area contributed by atoms with Crippen LogP contribution in [0, 0.1) is 5.82 Å². The molecular weight excluding hydrogens is 351 g/mol. The smallest absolute Gasteiger partial charge is 0.143 e. The average molecular weight is 375 g/mol. The van der Waals surface area contributed by atoms with Crippen LogP contribution >= 0.6 is 11.6 Å². The zero-order valence-electron chi connectivity index (χ0n) is 15.2. The maximum atomic E-state index is 13.9. The van der Waals surface area contributed by atoms with Gasteiger partial charge < -0.3 is 15.0 Å². The van der Waals surface area contributed by atoms with Crippen LogP contribution in [-0.4, -0.2) is 11.5 Å². The molecule has 4 rings (SSSR count). The van der Waals surface area contributed by atoms with E-state index in [-0.39, 0.29) is 12.4 Å². The van der Waals surface area contributed by atoms with Crippen molar-refractivity contribution in [3.8, 4) is 5.75 Å². The normalized spacial score (nSPS) is 13.1. The van der Waals surface area contributed by atoms with Crippen molar-refractivity contribution in [2.75, 3.05) is 6.54 Å². The number of benzene rings is 2. The summed E-state index contributed by atoms with van der Waals surface area (Å²) in [4.78, 5) is 3.44. The Labute approximate surface area is 158 Å². The molecular formula is C21H24ClFN2O. The lowest BCUT2D eigenvalue weighted by Gasteiger charge is -2.12. The first-order chi connectivity index (χ1) is 12.6. The highest BCUT2D eigenvalue weighted by Gasteiger charge is 2.17. The largest absolute Gasteiger partial charge is 0.487 e. The highest BCUT2D eigenvalue weighted by Crippen LogP contribution is 2.32. The van der Waals surface area contributed by atoms with Crippen molar-refractivity contribution in [2.24, 2.45) is 0 Å². The predicted octanol–water partition coefficient (Wildman–Crippen LogP) is 5.60. The Balaban J connectivity index is 0.000000613. The molecule has 5 heteroatoms. The molecule has 0 saturated carbocycles. The van der Waals surface area contributed by atoms with Crippen LogP contribution in [0.3, 0.4) is 0 Å². The van der Waals surface area contributed by atoms with Crippen LogP contribution < -0.4 is 10.1 Å². The molecule has 0 radical (unpaired) electrons. The van der Waals surface area contributed by atoms with Crippen LogP contribution in [0.4, 0.5) is 4.39 Å². The summed E-state index contributed by atoms with van der Waals surface area (Å²) in [6, 6.07) is 10.6. The third-order valence-corrected chi connectivity index (χ3v) is 4.48. The van der Waals surface area contributed by atoms with E-state index in [0.29, 0.717) is 10.6 Å². The van der Waals surface area contributed by atoms with Crippen molar-refractivity contribution in [1.82, 2.24) is 10.3 Å². The van der Waals surface area contributed by atoms with E-state index in [4.69, 9.17) is 16.3 Å². The predicted molar refractivity (Wildman–Crippen MR) is 105 cm³/mol. The molecule has 26 heavy (non-hydrogen) atoms. The minimum Gasteiger partial charge on any atom is -0.487 e. The molecule has 2 N–H and O–H groups in total. The van der Waals surface area contributed by atoms with Crippen molar-refractivity contribution in [3.05, 3.63) is 64.1 Å². The number of hydrogen-bond donors (Lipinski definition) is 2. The van der Waals surface area contributed by atoms with Gasteiger partial charge in [-0.15, -0.1) is 0 Å². The molecule has 0 aliphatic carbocycles. The zero-order valence-corrected chi connectivity index (χ0v) is 15.9. The summed E-state index contributed by atoms with van der Waals surface area (Å²) in [5.74, 6) is 0.394. The highest BCUT2D eigenvalue weighted by molar-refractivity contribution is 6.30.